The molecule has 24 heavy (non-hydrogen) atoms. The van der Waals surface area contributed by atoms with Crippen LogP contribution in [0.5, 0.6) is 0 Å². The summed E-state index contributed by atoms with van der Waals surface area (Å²) in [6, 6.07) is 9.42. The SMILES string of the molecule is CC(C)(C)OC(=O)N[C@@H](Cc1ccccc1)C1=NC(O)(CCl)CS1. The predicted molar refractivity (Wildman–Crippen MR) is 98.9 cm³/mol. The lowest BCUT2D eigenvalue weighted by Gasteiger charge is -2.23. The van der Waals surface area contributed by atoms with Crippen molar-refractivity contribution in [2.75, 3.05) is 11.6 Å². The third-order valence-electron chi connectivity index (χ3n) is 3.26. The summed E-state index contributed by atoms with van der Waals surface area (Å²) in [5, 5.41) is 13.7. The van der Waals surface area contributed by atoms with Crippen molar-refractivity contribution in [2.24, 2.45) is 4.99 Å². The van der Waals surface area contributed by atoms with Gasteiger partial charge in [0.2, 0.25) is 0 Å². The van der Waals surface area contributed by atoms with Crippen molar-refractivity contribution < 1.29 is 14.6 Å². The number of carbonyl (C=O) groups is 1. The average Bonchev–Trinajstić information content (AvgIpc) is 2.89. The van der Waals surface area contributed by atoms with Crippen LogP contribution in [0, 0.1) is 0 Å². The van der Waals surface area contributed by atoms with Gasteiger partial charge in [-0.2, -0.15) is 0 Å². The summed E-state index contributed by atoms with van der Waals surface area (Å²) in [6.45, 7) is 5.44. The molecule has 0 saturated heterocycles. The zero-order valence-electron chi connectivity index (χ0n) is 14.1. The van der Waals surface area contributed by atoms with Gasteiger partial charge in [0.15, 0.2) is 5.72 Å². The number of aliphatic hydroxyl groups is 1. The number of benzene rings is 1. The van der Waals surface area contributed by atoms with Gasteiger partial charge in [0.1, 0.15) is 5.60 Å². The molecule has 0 bridgehead atoms. The van der Waals surface area contributed by atoms with E-state index in [0.717, 1.165) is 5.56 Å². The van der Waals surface area contributed by atoms with Gasteiger partial charge in [0.05, 0.1) is 22.7 Å². The monoisotopic (exact) mass is 370 g/mol. The zero-order chi connectivity index (χ0) is 17.8. The Kier molecular flexibility index (Phi) is 6.17. The van der Waals surface area contributed by atoms with E-state index in [2.05, 4.69) is 10.3 Å². The van der Waals surface area contributed by atoms with E-state index in [1.54, 1.807) is 0 Å². The molecule has 0 spiro atoms. The topological polar surface area (TPSA) is 70.9 Å². The summed E-state index contributed by atoms with van der Waals surface area (Å²) in [7, 11) is 0. The van der Waals surface area contributed by atoms with Gasteiger partial charge >= 0.3 is 6.09 Å². The highest BCUT2D eigenvalue weighted by molar-refractivity contribution is 8.14. The molecule has 1 aliphatic rings. The van der Waals surface area contributed by atoms with Gasteiger partial charge < -0.3 is 15.2 Å². The van der Waals surface area contributed by atoms with Crippen molar-refractivity contribution in [1.82, 2.24) is 5.32 Å². The van der Waals surface area contributed by atoms with Gasteiger partial charge in [0, 0.05) is 0 Å². The quantitative estimate of drug-likeness (QED) is 0.781. The molecule has 1 unspecified atom stereocenters. The number of rotatable bonds is 5. The zero-order valence-corrected chi connectivity index (χ0v) is 15.7. The van der Waals surface area contributed by atoms with Crippen molar-refractivity contribution in [3.8, 4) is 0 Å². The molecule has 1 aromatic rings. The van der Waals surface area contributed by atoms with E-state index in [1.165, 1.54) is 11.8 Å². The number of alkyl halides is 1. The number of carbonyl (C=O) groups excluding carboxylic acids is 1. The first-order chi connectivity index (χ1) is 11.2. The summed E-state index contributed by atoms with van der Waals surface area (Å²) >= 11 is 7.20. The minimum Gasteiger partial charge on any atom is -0.444 e. The van der Waals surface area contributed by atoms with Crippen molar-refractivity contribution in [2.45, 2.75) is 44.6 Å². The predicted octanol–water partition coefficient (Wildman–Crippen LogP) is 3.20. The molecule has 2 atom stereocenters. The van der Waals surface area contributed by atoms with Gasteiger partial charge in [-0.3, -0.25) is 0 Å². The van der Waals surface area contributed by atoms with Crippen LogP contribution >= 0.6 is 23.4 Å². The second-order valence-corrected chi connectivity index (χ2v) is 8.01. The van der Waals surface area contributed by atoms with E-state index in [4.69, 9.17) is 16.3 Å². The average molecular weight is 371 g/mol. The largest absolute Gasteiger partial charge is 0.444 e. The van der Waals surface area contributed by atoms with E-state index >= 15 is 0 Å². The Morgan fingerprint density at radius 3 is 2.67 bits per heavy atom. The number of amides is 1. The fourth-order valence-electron chi connectivity index (χ4n) is 2.21. The highest BCUT2D eigenvalue weighted by Crippen LogP contribution is 2.29. The number of ether oxygens (including phenoxy) is 1. The minimum atomic E-state index is -1.27. The first kappa shape index (κ1) is 19.1. The van der Waals surface area contributed by atoms with E-state index in [1.807, 2.05) is 51.1 Å². The van der Waals surface area contributed by atoms with Gasteiger partial charge in [-0.05, 0) is 32.8 Å². The molecule has 1 heterocycles. The lowest BCUT2D eigenvalue weighted by atomic mass is 10.1. The highest BCUT2D eigenvalue weighted by atomic mass is 35.5. The van der Waals surface area contributed by atoms with Gasteiger partial charge in [0.25, 0.3) is 0 Å². The Balaban J connectivity index is 2.16. The number of hydrogen-bond acceptors (Lipinski definition) is 5. The number of thioether (sulfide) groups is 1. The fraction of sp³-hybridized carbons (Fsp3) is 0.529. The number of hydrogen-bond donors (Lipinski definition) is 2. The van der Waals surface area contributed by atoms with Crippen molar-refractivity contribution in [3.63, 3.8) is 0 Å². The molecule has 0 aliphatic carbocycles. The number of halogens is 1. The molecule has 1 aliphatic heterocycles. The van der Waals surface area contributed by atoms with Gasteiger partial charge in [-0.25, -0.2) is 9.79 Å². The number of alkyl carbamates (subject to hydrolysis) is 1. The second kappa shape index (κ2) is 7.76. The smallest absolute Gasteiger partial charge is 0.408 e. The second-order valence-electron chi connectivity index (χ2n) is 6.74. The molecule has 0 radical (unpaired) electrons. The molecule has 1 amide bonds. The van der Waals surface area contributed by atoms with Crippen molar-refractivity contribution in [1.29, 1.82) is 0 Å². The molecule has 1 aromatic carbocycles. The van der Waals surface area contributed by atoms with E-state index in [-0.39, 0.29) is 11.9 Å². The molecular formula is C17H23ClN2O3S. The van der Waals surface area contributed by atoms with Crippen LogP contribution in [0.25, 0.3) is 0 Å². The molecule has 0 aromatic heterocycles. The molecule has 2 N–H and O–H groups in total. The van der Waals surface area contributed by atoms with Crippen LogP contribution in [0.1, 0.15) is 26.3 Å². The van der Waals surface area contributed by atoms with Crippen LogP contribution < -0.4 is 5.32 Å². The molecule has 5 nitrogen and oxygen atoms in total. The highest BCUT2D eigenvalue weighted by Gasteiger charge is 2.36. The first-order valence-electron chi connectivity index (χ1n) is 7.75. The first-order valence-corrected chi connectivity index (χ1v) is 9.27. The van der Waals surface area contributed by atoms with Crippen LogP contribution in [-0.2, 0) is 11.2 Å². The maximum Gasteiger partial charge on any atom is 0.408 e. The van der Waals surface area contributed by atoms with Crippen molar-refractivity contribution in [3.05, 3.63) is 35.9 Å². The van der Waals surface area contributed by atoms with E-state index in [9.17, 15) is 9.90 Å². The maximum absolute atomic E-state index is 12.2. The third-order valence-corrected chi connectivity index (χ3v) is 4.96. The van der Waals surface area contributed by atoms with Crippen molar-refractivity contribution >= 4 is 34.5 Å². The third kappa shape index (κ3) is 5.69. The molecule has 2 rings (SSSR count). The summed E-state index contributed by atoms with van der Waals surface area (Å²) in [6.07, 6.45) is 0.0534. The molecule has 132 valence electrons. The van der Waals surface area contributed by atoms with Crippen LogP contribution in [0.15, 0.2) is 35.3 Å². The lowest BCUT2D eigenvalue weighted by Crippen LogP contribution is -2.43. The van der Waals surface area contributed by atoms with Crippen LogP contribution in [0.3, 0.4) is 0 Å². The number of nitrogens with zero attached hydrogens (tertiary/aromatic N) is 1. The molecule has 0 saturated carbocycles. The minimum absolute atomic E-state index is 0.0218. The van der Waals surface area contributed by atoms with Gasteiger partial charge in [-0.15, -0.1) is 23.4 Å². The Morgan fingerprint density at radius 2 is 2.12 bits per heavy atom. The van der Waals surface area contributed by atoms with E-state index < -0.39 is 17.4 Å². The molecular weight excluding hydrogens is 348 g/mol. The van der Waals surface area contributed by atoms with Crippen LogP contribution in [0.2, 0.25) is 0 Å². The Bertz CT molecular complexity index is 604. The molecule has 0 fully saturated rings. The summed E-state index contributed by atoms with van der Waals surface area (Å²) < 4.78 is 5.34. The summed E-state index contributed by atoms with van der Waals surface area (Å²) in [5.74, 6) is 0.404. The summed E-state index contributed by atoms with van der Waals surface area (Å²) in [4.78, 5) is 16.5. The van der Waals surface area contributed by atoms with Crippen LogP contribution in [0.4, 0.5) is 4.79 Å². The number of aliphatic imine (C=N–C) groups is 1. The Hall–Kier alpha value is -1.24. The fourth-order valence-corrected chi connectivity index (χ4v) is 3.60. The Labute approximate surface area is 151 Å². The number of nitrogens with one attached hydrogen (secondary N) is 1. The lowest BCUT2D eigenvalue weighted by molar-refractivity contribution is 0.0517. The van der Waals surface area contributed by atoms with Gasteiger partial charge in [-0.1, -0.05) is 30.3 Å². The maximum atomic E-state index is 12.2. The Morgan fingerprint density at radius 1 is 1.46 bits per heavy atom. The standard InChI is InChI=1S/C17H23ClN2O3S/c1-16(2,3)23-15(21)19-13(9-12-7-5-4-6-8-12)14-20-17(22,10-18)11-24-14/h4-8,13,22H,9-11H2,1-3H3,(H,19,21)/t13-,17?/m0/s1. The molecule has 7 heteroatoms. The summed E-state index contributed by atoms with van der Waals surface area (Å²) in [5.41, 5.74) is -0.794. The van der Waals surface area contributed by atoms with Crippen LogP contribution in [-0.4, -0.2) is 45.2 Å². The normalized spacial score (nSPS) is 22.0. The van der Waals surface area contributed by atoms with E-state index in [0.29, 0.717) is 17.2 Å².